The van der Waals surface area contributed by atoms with Crippen LogP contribution in [-0.2, 0) is 16.1 Å². The molecule has 1 saturated heterocycles. The van der Waals surface area contributed by atoms with Crippen molar-refractivity contribution in [1.82, 2.24) is 9.80 Å². The van der Waals surface area contributed by atoms with Gasteiger partial charge in [0.25, 0.3) is 0 Å². The van der Waals surface area contributed by atoms with E-state index >= 15 is 0 Å². The van der Waals surface area contributed by atoms with Crippen molar-refractivity contribution in [2.75, 3.05) is 38.6 Å². The van der Waals surface area contributed by atoms with E-state index in [2.05, 4.69) is 0 Å². The van der Waals surface area contributed by atoms with E-state index in [1.54, 1.807) is 21.9 Å². The summed E-state index contributed by atoms with van der Waals surface area (Å²) in [6.07, 6.45) is 0.506. The van der Waals surface area contributed by atoms with Crippen molar-refractivity contribution in [1.29, 1.82) is 0 Å². The van der Waals surface area contributed by atoms with E-state index < -0.39 is 5.92 Å². The second kappa shape index (κ2) is 9.39. The minimum absolute atomic E-state index is 0.141. The zero-order valence-corrected chi connectivity index (χ0v) is 18.2. The van der Waals surface area contributed by atoms with E-state index in [0.717, 1.165) is 16.8 Å². The van der Waals surface area contributed by atoms with Gasteiger partial charge in [-0.25, -0.2) is 4.39 Å². The van der Waals surface area contributed by atoms with E-state index in [1.807, 2.05) is 51.0 Å². The molecule has 1 heterocycles. The predicted octanol–water partition coefficient (Wildman–Crippen LogP) is 3.39. The van der Waals surface area contributed by atoms with Gasteiger partial charge in [-0.2, -0.15) is 0 Å². The molecule has 2 amide bonds. The summed E-state index contributed by atoms with van der Waals surface area (Å²) in [6, 6.07) is 12.1. The van der Waals surface area contributed by atoms with Gasteiger partial charge >= 0.3 is 0 Å². The lowest BCUT2D eigenvalue weighted by Gasteiger charge is -2.27. The molecular formula is C24H30FN3O2. The summed E-state index contributed by atoms with van der Waals surface area (Å²) in [6.45, 7) is 6.16. The zero-order valence-electron chi connectivity index (χ0n) is 18.2. The first-order chi connectivity index (χ1) is 14.3. The van der Waals surface area contributed by atoms with Crippen molar-refractivity contribution in [2.24, 2.45) is 5.92 Å². The monoisotopic (exact) mass is 411 g/mol. The van der Waals surface area contributed by atoms with E-state index in [1.165, 1.54) is 17.7 Å². The molecule has 0 aromatic heterocycles. The first kappa shape index (κ1) is 22.0. The number of hydrogen-bond acceptors (Lipinski definition) is 3. The minimum Gasteiger partial charge on any atom is -0.336 e. The van der Waals surface area contributed by atoms with Crippen molar-refractivity contribution in [3.05, 3.63) is 65.0 Å². The highest BCUT2D eigenvalue weighted by atomic mass is 19.1. The van der Waals surface area contributed by atoms with Gasteiger partial charge in [0.1, 0.15) is 11.7 Å². The van der Waals surface area contributed by atoms with Gasteiger partial charge in [0, 0.05) is 31.9 Å². The van der Waals surface area contributed by atoms with Crippen LogP contribution >= 0.6 is 0 Å². The number of rotatable bonds is 7. The molecule has 0 radical (unpaired) electrons. The fourth-order valence-electron chi connectivity index (χ4n) is 3.68. The van der Waals surface area contributed by atoms with Gasteiger partial charge in [-0.05, 0) is 75.3 Å². The fraction of sp³-hybridized carbons (Fsp3) is 0.417. The second-order valence-corrected chi connectivity index (χ2v) is 8.29. The molecule has 0 spiro atoms. The Morgan fingerprint density at radius 3 is 2.40 bits per heavy atom. The van der Waals surface area contributed by atoms with Crippen LogP contribution < -0.4 is 4.90 Å². The van der Waals surface area contributed by atoms with Crippen molar-refractivity contribution in [2.45, 2.75) is 26.8 Å². The third-order valence-corrected chi connectivity index (χ3v) is 5.72. The Hall–Kier alpha value is -2.73. The topological polar surface area (TPSA) is 43.9 Å². The molecule has 0 N–H and O–H groups in total. The molecule has 1 fully saturated rings. The van der Waals surface area contributed by atoms with E-state index in [4.69, 9.17) is 0 Å². The summed E-state index contributed by atoms with van der Waals surface area (Å²) in [5.41, 5.74) is 3.99. The predicted molar refractivity (Wildman–Crippen MR) is 117 cm³/mol. The minimum atomic E-state index is -0.672. The summed E-state index contributed by atoms with van der Waals surface area (Å²) in [7, 11) is 3.89. The van der Waals surface area contributed by atoms with Gasteiger partial charge in [0.15, 0.2) is 0 Å². The molecule has 2 aromatic carbocycles. The maximum atomic E-state index is 13.3. The summed E-state index contributed by atoms with van der Waals surface area (Å²) < 4.78 is 13.3. The van der Waals surface area contributed by atoms with Crippen LogP contribution in [0.5, 0.6) is 0 Å². The molecule has 1 atom stereocenters. The smallest absolute Gasteiger partial charge is 0.239 e. The molecule has 6 heteroatoms. The first-order valence-electron chi connectivity index (χ1n) is 10.3. The van der Waals surface area contributed by atoms with Crippen LogP contribution in [0.25, 0.3) is 0 Å². The third-order valence-electron chi connectivity index (χ3n) is 5.72. The Bertz CT molecular complexity index is 911. The molecule has 30 heavy (non-hydrogen) atoms. The molecule has 1 aliphatic heterocycles. The van der Waals surface area contributed by atoms with Gasteiger partial charge in [0.2, 0.25) is 11.8 Å². The van der Waals surface area contributed by atoms with Crippen LogP contribution in [0.1, 0.15) is 23.1 Å². The largest absolute Gasteiger partial charge is 0.336 e. The van der Waals surface area contributed by atoms with Crippen molar-refractivity contribution >= 4 is 17.5 Å². The molecule has 0 aliphatic carbocycles. The highest BCUT2D eigenvalue weighted by molar-refractivity contribution is 6.09. The van der Waals surface area contributed by atoms with Gasteiger partial charge in [-0.1, -0.05) is 18.2 Å². The van der Waals surface area contributed by atoms with Gasteiger partial charge in [-0.15, -0.1) is 0 Å². The highest BCUT2D eigenvalue weighted by Crippen LogP contribution is 2.28. The molecule has 1 aliphatic rings. The summed E-state index contributed by atoms with van der Waals surface area (Å²) in [5, 5.41) is 0. The normalized spacial score (nSPS) is 16.4. The number of carbonyl (C=O) groups excluding carboxylic acids is 2. The Kier molecular flexibility index (Phi) is 6.87. The Labute approximate surface area is 178 Å². The van der Waals surface area contributed by atoms with Crippen LogP contribution in [0.15, 0.2) is 42.5 Å². The van der Waals surface area contributed by atoms with Gasteiger partial charge in [0.05, 0.1) is 0 Å². The molecule has 3 rings (SSSR count). The zero-order chi connectivity index (χ0) is 21.8. The molecule has 0 bridgehead atoms. The van der Waals surface area contributed by atoms with Crippen molar-refractivity contribution < 1.29 is 14.0 Å². The molecular weight excluding hydrogens is 381 g/mol. The average molecular weight is 412 g/mol. The van der Waals surface area contributed by atoms with Crippen molar-refractivity contribution in [3.63, 3.8) is 0 Å². The lowest BCUT2D eigenvalue weighted by atomic mass is 10.1. The van der Waals surface area contributed by atoms with E-state index in [-0.39, 0.29) is 17.6 Å². The van der Waals surface area contributed by atoms with Crippen LogP contribution in [0.4, 0.5) is 10.1 Å². The first-order valence-corrected chi connectivity index (χ1v) is 10.3. The van der Waals surface area contributed by atoms with E-state index in [0.29, 0.717) is 32.6 Å². The fourth-order valence-corrected chi connectivity index (χ4v) is 3.68. The lowest BCUT2D eigenvalue weighted by molar-refractivity contribution is -0.140. The number of benzene rings is 2. The Balaban J connectivity index is 1.76. The van der Waals surface area contributed by atoms with Crippen LogP contribution in [0.2, 0.25) is 0 Å². The van der Waals surface area contributed by atoms with Gasteiger partial charge < -0.3 is 14.7 Å². The molecule has 0 saturated carbocycles. The summed E-state index contributed by atoms with van der Waals surface area (Å²) in [4.78, 5) is 31.9. The molecule has 1 unspecified atom stereocenters. The standard InChI is InChI=1S/C24H30FN3O2/c1-17-5-10-21(15-18(17)2)28-12-11-22(24(28)30)23(29)27(14-13-26(3)4)16-19-6-8-20(25)9-7-19/h5-10,15,22H,11-14,16H2,1-4H3. The maximum Gasteiger partial charge on any atom is 0.239 e. The highest BCUT2D eigenvalue weighted by Gasteiger charge is 2.39. The summed E-state index contributed by atoms with van der Waals surface area (Å²) >= 11 is 0. The number of halogens is 1. The number of carbonyl (C=O) groups is 2. The SMILES string of the molecule is Cc1ccc(N2CCC(C(=O)N(CCN(C)C)Cc3ccc(F)cc3)C2=O)cc1C. The van der Waals surface area contributed by atoms with Crippen LogP contribution in [0.3, 0.4) is 0 Å². The van der Waals surface area contributed by atoms with Crippen molar-refractivity contribution in [3.8, 4) is 0 Å². The van der Waals surface area contributed by atoms with E-state index in [9.17, 15) is 14.0 Å². The quantitative estimate of drug-likeness (QED) is 0.656. The maximum absolute atomic E-state index is 13.3. The number of anilines is 1. The number of aryl methyl sites for hydroxylation is 2. The number of hydrogen-bond donors (Lipinski definition) is 0. The van der Waals surface area contributed by atoms with Crippen LogP contribution in [0, 0.1) is 25.6 Å². The number of nitrogens with zero attached hydrogens (tertiary/aromatic N) is 3. The Morgan fingerprint density at radius 2 is 1.77 bits per heavy atom. The summed E-state index contributed by atoms with van der Waals surface area (Å²) in [5.74, 6) is -1.27. The average Bonchev–Trinajstić information content (AvgIpc) is 3.09. The lowest BCUT2D eigenvalue weighted by Crippen LogP contribution is -2.42. The third kappa shape index (κ3) is 5.05. The number of amides is 2. The molecule has 5 nitrogen and oxygen atoms in total. The second-order valence-electron chi connectivity index (χ2n) is 8.29. The van der Waals surface area contributed by atoms with Gasteiger partial charge in [-0.3, -0.25) is 9.59 Å². The Morgan fingerprint density at radius 1 is 1.07 bits per heavy atom. The number of likely N-dealkylation sites (N-methyl/N-ethyl adjacent to an activating group) is 1. The molecule has 160 valence electrons. The molecule has 2 aromatic rings. The van der Waals surface area contributed by atoms with Crippen LogP contribution in [-0.4, -0.2) is 55.3 Å².